The summed E-state index contributed by atoms with van der Waals surface area (Å²) in [6.45, 7) is 4.75. The van der Waals surface area contributed by atoms with Gasteiger partial charge in [-0.3, -0.25) is 4.99 Å². The van der Waals surface area contributed by atoms with Crippen molar-refractivity contribution < 1.29 is 0 Å². The maximum atomic E-state index is 5.22. The molecule has 1 saturated carbocycles. The van der Waals surface area contributed by atoms with Crippen LogP contribution in [0.3, 0.4) is 0 Å². The van der Waals surface area contributed by atoms with Crippen LogP contribution in [-0.2, 0) is 0 Å². The topological polar surface area (TPSA) is 30.2 Å². The molecule has 5 rings (SSSR count). The molecule has 0 radical (unpaired) electrons. The Balaban J connectivity index is 1.56. The molecule has 1 aromatic heterocycles. The van der Waals surface area contributed by atoms with Crippen molar-refractivity contribution in [2.45, 2.75) is 45.6 Å². The lowest BCUT2D eigenvalue weighted by Crippen LogP contribution is -2.29. The highest BCUT2D eigenvalue weighted by Gasteiger charge is 2.32. The fourth-order valence-electron chi connectivity index (χ4n) is 4.57. The fraction of sp³-hybridized carbons (Fsp3) is 0.308. The Morgan fingerprint density at radius 2 is 1.69 bits per heavy atom. The molecule has 2 heterocycles. The van der Waals surface area contributed by atoms with Gasteiger partial charge in [0.15, 0.2) is 0 Å². The first-order chi connectivity index (χ1) is 14.1. The third-order valence-electron chi connectivity index (χ3n) is 6.15. The molecule has 0 amide bonds. The molecular formula is C26H27N3. The average molecular weight is 382 g/mol. The predicted octanol–water partition coefficient (Wildman–Crippen LogP) is 6.24. The van der Waals surface area contributed by atoms with Crippen LogP contribution in [0.25, 0.3) is 16.9 Å². The first kappa shape index (κ1) is 18.1. The van der Waals surface area contributed by atoms with Gasteiger partial charge in [-0.15, -0.1) is 0 Å². The third-order valence-corrected chi connectivity index (χ3v) is 6.15. The summed E-state index contributed by atoms with van der Waals surface area (Å²) in [7, 11) is 0. The Hall–Kier alpha value is -2.94. The minimum Gasteiger partial charge on any atom is -0.279 e. The van der Waals surface area contributed by atoms with Gasteiger partial charge in [0.1, 0.15) is 0 Å². The smallest absolute Gasteiger partial charge is 0.0934 e. The zero-order valence-corrected chi connectivity index (χ0v) is 17.2. The molecule has 29 heavy (non-hydrogen) atoms. The Labute approximate surface area is 172 Å². The molecule has 2 aliphatic rings. The number of rotatable bonds is 3. The molecule has 0 N–H and O–H groups in total. The number of hydrogen-bond donors (Lipinski definition) is 0. The molecule has 146 valence electrons. The maximum Gasteiger partial charge on any atom is 0.0934 e. The minimum atomic E-state index is 0.339. The van der Waals surface area contributed by atoms with Crippen molar-refractivity contribution in [1.29, 1.82) is 0 Å². The second-order valence-corrected chi connectivity index (χ2v) is 8.98. The summed E-state index contributed by atoms with van der Waals surface area (Å²) >= 11 is 0. The summed E-state index contributed by atoms with van der Waals surface area (Å²) in [6, 6.07) is 23.3. The van der Waals surface area contributed by atoms with Crippen molar-refractivity contribution in [1.82, 2.24) is 9.78 Å². The number of aromatic nitrogens is 2. The van der Waals surface area contributed by atoms with Crippen LogP contribution in [0.15, 0.2) is 83.4 Å². The first-order valence-corrected chi connectivity index (χ1v) is 10.6. The van der Waals surface area contributed by atoms with Gasteiger partial charge in [0.05, 0.1) is 28.8 Å². The van der Waals surface area contributed by atoms with Crippen molar-refractivity contribution in [3.63, 3.8) is 0 Å². The molecule has 3 nitrogen and oxygen atoms in total. The molecule has 1 aliphatic carbocycles. The molecule has 0 spiro atoms. The molecule has 1 atom stereocenters. The minimum absolute atomic E-state index is 0.339. The van der Waals surface area contributed by atoms with Crippen LogP contribution in [0.5, 0.6) is 0 Å². The van der Waals surface area contributed by atoms with Gasteiger partial charge in [-0.2, -0.15) is 5.10 Å². The maximum absolute atomic E-state index is 5.22. The normalized spacial score (nSPS) is 20.6. The van der Waals surface area contributed by atoms with Gasteiger partial charge in [0, 0.05) is 12.0 Å². The van der Waals surface area contributed by atoms with Crippen LogP contribution < -0.4 is 0 Å². The Bertz CT molecular complexity index is 1070. The van der Waals surface area contributed by atoms with Crippen LogP contribution >= 0.6 is 0 Å². The second-order valence-electron chi connectivity index (χ2n) is 8.98. The monoisotopic (exact) mass is 381 g/mol. The largest absolute Gasteiger partial charge is 0.279 e. The van der Waals surface area contributed by atoms with Crippen molar-refractivity contribution in [2.75, 3.05) is 0 Å². The molecule has 2 aromatic carbocycles. The van der Waals surface area contributed by atoms with E-state index < -0.39 is 0 Å². The third kappa shape index (κ3) is 3.57. The van der Waals surface area contributed by atoms with Crippen LogP contribution in [-0.4, -0.2) is 21.5 Å². The molecule has 0 saturated heterocycles. The van der Waals surface area contributed by atoms with Crippen molar-refractivity contribution in [3.8, 4) is 16.9 Å². The van der Waals surface area contributed by atoms with Gasteiger partial charge in [-0.25, -0.2) is 4.68 Å². The highest BCUT2D eigenvalue weighted by atomic mass is 15.3. The van der Waals surface area contributed by atoms with Gasteiger partial charge in [-0.1, -0.05) is 68.5 Å². The number of para-hydroxylation sites is 1. The molecular weight excluding hydrogens is 354 g/mol. The van der Waals surface area contributed by atoms with Crippen LogP contribution in [0.1, 0.15) is 45.2 Å². The van der Waals surface area contributed by atoms with Crippen molar-refractivity contribution in [2.24, 2.45) is 10.4 Å². The van der Waals surface area contributed by atoms with Gasteiger partial charge in [-0.05, 0) is 48.4 Å². The number of aliphatic imine (C=N–C) groups is 1. The van der Waals surface area contributed by atoms with Gasteiger partial charge in [0.25, 0.3) is 0 Å². The molecule has 0 bridgehead atoms. The SMILES string of the molecule is CC1(C)CCC2N=C(c3cc(-c4ccccc4)nn3-c3ccccc3)CC=C2C1. The summed E-state index contributed by atoms with van der Waals surface area (Å²) in [5.74, 6) is 0. The summed E-state index contributed by atoms with van der Waals surface area (Å²) < 4.78 is 2.06. The molecule has 3 aromatic rings. The van der Waals surface area contributed by atoms with E-state index in [9.17, 15) is 0 Å². The number of benzene rings is 2. The number of fused-ring (bicyclic) bond motifs is 1. The molecule has 1 fully saturated rings. The first-order valence-electron chi connectivity index (χ1n) is 10.6. The summed E-state index contributed by atoms with van der Waals surface area (Å²) in [4.78, 5) is 5.22. The van der Waals surface area contributed by atoms with Crippen LogP contribution in [0.2, 0.25) is 0 Å². The van der Waals surface area contributed by atoms with Gasteiger partial charge < -0.3 is 0 Å². The number of hydrogen-bond acceptors (Lipinski definition) is 2. The number of dihydropyridines is 1. The Morgan fingerprint density at radius 3 is 2.45 bits per heavy atom. The average Bonchev–Trinajstić information content (AvgIpc) is 3.20. The summed E-state index contributed by atoms with van der Waals surface area (Å²) in [5.41, 5.74) is 7.39. The van der Waals surface area contributed by atoms with E-state index in [1.54, 1.807) is 0 Å². The summed E-state index contributed by atoms with van der Waals surface area (Å²) in [5, 5.41) is 4.97. The highest BCUT2D eigenvalue weighted by molar-refractivity contribution is 6.02. The van der Waals surface area contributed by atoms with E-state index in [0.29, 0.717) is 11.5 Å². The molecule has 3 heteroatoms. The lowest BCUT2D eigenvalue weighted by Gasteiger charge is -2.37. The van der Waals surface area contributed by atoms with E-state index in [1.807, 2.05) is 12.1 Å². The lowest BCUT2D eigenvalue weighted by atomic mass is 9.72. The highest BCUT2D eigenvalue weighted by Crippen LogP contribution is 2.41. The standard InChI is InChI=1S/C26H27N3/c1-26(2)16-15-22-20(18-26)13-14-23(27-22)25-17-24(19-9-5-3-6-10-19)28-29(25)21-11-7-4-8-12-21/h3-13,17,22H,14-16,18H2,1-2H3. The lowest BCUT2D eigenvalue weighted by molar-refractivity contribution is 0.273. The fourth-order valence-corrected chi connectivity index (χ4v) is 4.57. The molecule has 1 aliphatic heterocycles. The summed E-state index contributed by atoms with van der Waals surface area (Å²) in [6.07, 6.45) is 6.86. The second kappa shape index (κ2) is 7.14. The predicted molar refractivity (Wildman–Crippen MR) is 120 cm³/mol. The van der Waals surface area contributed by atoms with Crippen LogP contribution in [0.4, 0.5) is 0 Å². The van der Waals surface area contributed by atoms with Crippen molar-refractivity contribution >= 4 is 5.71 Å². The van der Waals surface area contributed by atoms with E-state index in [0.717, 1.165) is 41.2 Å². The van der Waals surface area contributed by atoms with E-state index >= 15 is 0 Å². The van der Waals surface area contributed by atoms with Gasteiger partial charge >= 0.3 is 0 Å². The molecule has 1 unspecified atom stereocenters. The Kier molecular flexibility index (Phi) is 4.46. The zero-order chi connectivity index (χ0) is 19.8. The zero-order valence-electron chi connectivity index (χ0n) is 17.2. The number of nitrogens with zero attached hydrogens (tertiary/aromatic N) is 3. The van der Waals surface area contributed by atoms with Crippen molar-refractivity contribution in [3.05, 3.63) is 84.1 Å². The van der Waals surface area contributed by atoms with E-state index in [-0.39, 0.29) is 0 Å². The van der Waals surface area contributed by atoms with E-state index in [4.69, 9.17) is 10.1 Å². The Morgan fingerprint density at radius 1 is 0.966 bits per heavy atom. The van der Waals surface area contributed by atoms with Gasteiger partial charge in [0.2, 0.25) is 0 Å². The quantitative estimate of drug-likeness (QED) is 0.494. The number of allylic oxidation sites excluding steroid dienone is 1. The van der Waals surface area contributed by atoms with E-state index in [1.165, 1.54) is 18.4 Å². The van der Waals surface area contributed by atoms with Crippen LogP contribution in [0, 0.1) is 5.41 Å². The van der Waals surface area contributed by atoms with E-state index in [2.05, 4.69) is 79.2 Å².